The van der Waals surface area contributed by atoms with Gasteiger partial charge in [0.25, 0.3) is 5.91 Å². The van der Waals surface area contributed by atoms with Crippen molar-refractivity contribution in [2.75, 3.05) is 26.2 Å². The lowest BCUT2D eigenvalue weighted by molar-refractivity contribution is 0.0698. The van der Waals surface area contributed by atoms with Gasteiger partial charge in [-0.1, -0.05) is 41.4 Å². The van der Waals surface area contributed by atoms with Gasteiger partial charge in [-0.2, -0.15) is 0 Å². The number of hydrogen-bond acceptors (Lipinski definition) is 2. The van der Waals surface area contributed by atoms with Gasteiger partial charge in [-0.15, -0.1) is 12.4 Å². The van der Waals surface area contributed by atoms with Crippen molar-refractivity contribution in [1.82, 2.24) is 9.80 Å². The summed E-state index contributed by atoms with van der Waals surface area (Å²) in [5, 5.41) is 0.787. The number of piperidine rings is 1. The zero-order chi connectivity index (χ0) is 19.2. The highest BCUT2D eigenvalue weighted by molar-refractivity contribution is 6.30. The minimum atomic E-state index is 0. The second-order valence-corrected chi connectivity index (χ2v) is 7.99. The molecule has 0 unspecified atom stereocenters. The molecule has 1 aliphatic rings. The van der Waals surface area contributed by atoms with E-state index in [-0.39, 0.29) is 18.3 Å². The van der Waals surface area contributed by atoms with Gasteiger partial charge in [-0.25, -0.2) is 0 Å². The first-order chi connectivity index (χ1) is 13.0. The molecule has 1 aliphatic heterocycles. The number of hydrogen-bond donors (Lipinski definition) is 0. The van der Waals surface area contributed by atoms with Gasteiger partial charge < -0.3 is 4.90 Å². The largest absolute Gasteiger partial charge is 0.339 e. The number of likely N-dealkylation sites (tertiary alicyclic amines) is 1. The van der Waals surface area contributed by atoms with Crippen molar-refractivity contribution in [1.29, 1.82) is 0 Å². The van der Waals surface area contributed by atoms with Gasteiger partial charge >= 0.3 is 0 Å². The van der Waals surface area contributed by atoms with E-state index in [4.69, 9.17) is 11.6 Å². The minimum Gasteiger partial charge on any atom is -0.339 e. The number of aryl methyl sites for hydroxylation is 1. The molecule has 0 aromatic heterocycles. The van der Waals surface area contributed by atoms with Crippen LogP contribution in [0.1, 0.15) is 41.3 Å². The van der Waals surface area contributed by atoms with Gasteiger partial charge in [0.05, 0.1) is 0 Å². The van der Waals surface area contributed by atoms with E-state index in [9.17, 15) is 4.79 Å². The highest BCUT2D eigenvalue weighted by Crippen LogP contribution is 2.21. The lowest BCUT2D eigenvalue weighted by Gasteiger charge is -2.34. The predicted molar refractivity (Wildman–Crippen MR) is 119 cm³/mol. The van der Waals surface area contributed by atoms with E-state index in [2.05, 4.69) is 24.0 Å². The molecule has 1 amide bonds. The van der Waals surface area contributed by atoms with Crippen LogP contribution < -0.4 is 0 Å². The summed E-state index contributed by atoms with van der Waals surface area (Å²) in [5.74, 6) is 0.738. The Labute approximate surface area is 180 Å². The van der Waals surface area contributed by atoms with Crippen LogP contribution in [0.4, 0.5) is 0 Å². The molecule has 1 saturated heterocycles. The molecule has 1 fully saturated rings. The molecule has 0 radical (unpaired) electrons. The van der Waals surface area contributed by atoms with E-state index in [1.165, 1.54) is 11.1 Å². The summed E-state index contributed by atoms with van der Waals surface area (Å²) in [6, 6.07) is 16.0. The van der Waals surface area contributed by atoms with Gasteiger partial charge in [-0.05, 0) is 75.5 Å². The molecule has 3 rings (SSSR count). The Kier molecular flexibility index (Phi) is 8.81. The summed E-state index contributed by atoms with van der Waals surface area (Å²) in [4.78, 5) is 17.3. The second-order valence-electron chi connectivity index (χ2n) is 7.56. The van der Waals surface area contributed by atoms with E-state index >= 15 is 0 Å². The molecular weight excluding hydrogens is 391 g/mol. The fraction of sp³-hybridized carbons (Fsp3) is 0.435. The third-order valence-corrected chi connectivity index (χ3v) is 5.72. The number of benzene rings is 2. The van der Waals surface area contributed by atoms with Crippen molar-refractivity contribution in [3.05, 3.63) is 70.2 Å². The van der Waals surface area contributed by atoms with E-state index in [0.717, 1.165) is 56.2 Å². The first kappa shape index (κ1) is 22.7. The number of amides is 1. The van der Waals surface area contributed by atoms with Crippen molar-refractivity contribution < 1.29 is 4.79 Å². The average Bonchev–Trinajstić information content (AvgIpc) is 2.69. The topological polar surface area (TPSA) is 23.6 Å². The molecule has 0 atom stereocenters. The highest BCUT2D eigenvalue weighted by atomic mass is 35.5. The molecule has 1 heterocycles. The number of carbonyl (C=O) groups is 1. The molecule has 0 spiro atoms. The SMILES string of the molecule is CCN(CC1CCN(Cc2ccc(Cl)cc2)CC1)C(=O)c1ccc(C)cc1.Cl. The Balaban J connectivity index is 0.00000280. The van der Waals surface area contributed by atoms with Crippen LogP contribution >= 0.6 is 24.0 Å². The van der Waals surface area contributed by atoms with Crippen molar-refractivity contribution in [2.24, 2.45) is 5.92 Å². The molecule has 0 bridgehead atoms. The maximum absolute atomic E-state index is 12.8. The summed E-state index contributed by atoms with van der Waals surface area (Å²) in [5.41, 5.74) is 3.29. The van der Waals surface area contributed by atoms with E-state index in [1.807, 2.05) is 48.2 Å². The van der Waals surface area contributed by atoms with Gasteiger partial charge in [-0.3, -0.25) is 9.69 Å². The summed E-state index contributed by atoms with van der Waals surface area (Å²) in [7, 11) is 0. The van der Waals surface area contributed by atoms with E-state index in [1.54, 1.807) is 0 Å². The lowest BCUT2D eigenvalue weighted by Crippen LogP contribution is -2.40. The molecule has 28 heavy (non-hydrogen) atoms. The Hall–Kier alpha value is -1.55. The third kappa shape index (κ3) is 6.23. The fourth-order valence-corrected chi connectivity index (χ4v) is 3.85. The van der Waals surface area contributed by atoms with Crippen LogP contribution in [0.3, 0.4) is 0 Å². The van der Waals surface area contributed by atoms with Gasteiger partial charge in [0.1, 0.15) is 0 Å². The van der Waals surface area contributed by atoms with Gasteiger partial charge in [0.2, 0.25) is 0 Å². The Morgan fingerprint density at radius 2 is 1.68 bits per heavy atom. The predicted octanol–water partition coefficient (Wildman–Crippen LogP) is 5.44. The first-order valence-corrected chi connectivity index (χ1v) is 10.3. The van der Waals surface area contributed by atoms with Gasteiger partial charge in [0, 0.05) is 30.2 Å². The Morgan fingerprint density at radius 1 is 1.07 bits per heavy atom. The van der Waals surface area contributed by atoms with Crippen molar-refractivity contribution >= 4 is 29.9 Å². The number of nitrogens with zero attached hydrogens (tertiary/aromatic N) is 2. The molecule has 5 heteroatoms. The molecule has 152 valence electrons. The summed E-state index contributed by atoms with van der Waals surface area (Å²) in [6.07, 6.45) is 2.29. The van der Waals surface area contributed by atoms with Crippen molar-refractivity contribution in [3.8, 4) is 0 Å². The molecule has 2 aromatic rings. The normalized spacial score (nSPS) is 15.1. The molecular formula is C23H30Cl2N2O. The monoisotopic (exact) mass is 420 g/mol. The standard InChI is InChI=1S/C23H29ClN2O.ClH/c1-3-26(23(27)21-8-4-18(2)5-9-21)17-20-12-14-25(15-13-20)16-19-6-10-22(24)11-7-19;/h4-11,20H,3,12-17H2,1-2H3;1H. The molecule has 3 nitrogen and oxygen atoms in total. The average molecular weight is 421 g/mol. The second kappa shape index (κ2) is 10.8. The zero-order valence-electron chi connectivity index (χ0n) is 16.7. The number of carbonyl (C=O) groups excluding carboxylic acids is 1. The first-order valence-electron chi connectivity index (χ1n) is 9.88. The van der Waals surface area contributed by atoms with Crippen LogP contribution in [0.25, 0.3) is 0 Å². The van der Waals surface area contributed by atoms with Crippen LogP contribution in [0.15, 0.2) is 48.5 Å². The van der Waals surface area contributed by atoms with Crippen LogP contribution in [0.5, 0.6) is 0 Å². The molecule has 2 aromatic carbocycles. The third-order valence-electron chi connectivity index (χ3n) is 5.47. The quantitative estimate of drug-likeness (QED) is 0.620. The maximum Gasteiger partial charge on any atom is 0.253 e. The zero-order valence-corrected chi connectivity index (χ0v) is 18.3. The van der Waals surface area contributed by atoms with Gasteiger partial charge in [0.15, 0.2) is 0 Å². The molecule has 0 N–H and O–H groups in total. The Bertz CT molecular complexity index is 738. The number of rotatable bonds is 6. The smallest absolute Gasteiger partial charge is 0.253 e. The Morgan fingerprint density at radius 3 is 2.25 bits per heavy atom. The lowest BCUT2D eigenvalue weighted by atomic mass is 9.95. The fourth-order valence-electron chi connectivity index (χ4n) is 3.72. The van der Waals surface area contributed by atoms with Crippen LogP contribution in [0.2, 0.25) is 5.02 Å². The summed E-state index contributed by atoms with van der Waals surface area (Å²) < 4.78 is 0. The van der Waals surface area contributed by atoms with Crippen LogP contribution in [-0.4, -0.2) is 41.9 Å². The summed E-state index contributed by atoms with van der Waals surface area (Å²) >= 11 is 5.97. The molecule has 0 aliphatic carbocycles. The molecule has 0 saturated carbocycles. The minimum absolute atomic E-state index is 0. The van der Waals surface area contributed by atoms with E-state index in [0.29, 0.717) is 5.92 Å². The van der Waals surface area contributed by atoms with Crippen molar-refractivity contribution in [3.63, 3.8) is 0 Å². The number of halogens is 2. The highest BCUT2D eigenvalue weighted by Gasteiger charge is 2.23. The maximum atomic E-state index is 12.8. The van der Waals surface area contributed by atoms with Crippen LogP contribution in [0, 0.1) is 12.8 Å². The van der Waals surface area contributed by atoms with Crippen molar-refractivity contribution in [2.45, 2.75) is 33.2 Å². The summed E-state index contributed by atoms with van der Waals surface area (Å²) in [6.45, 7) is 8.89. The van der Waals surface area contributed by atoms with Crippen LogP contribution in [-0.2, 0) is 6.54 Å². The van der Waals surface area contributed by atoms with E-state index < -0.39 is 0 Å².